The Balaban J connectivity index is 2.10. The molecule has 5 heteroatoms. The zero-order valence-corrected chi connectivity index (χ0v) is 11.3. The van der Waals surface area contributed by atoms with E-state index in [1.54, 1.807) is 17.0 Å². The normalized spacial score (nSPS) is 19.6. The first-order valence-corrected chi connectivity index (χ1v) is 6.50. The lowest BCUT2D eigenvalue weighted by Gasteiger charge is -2.32. The Bertz CT molecular complexity index is 465. The van der Waals surface area contributed by atoms with Crippen molar-refractivity contribution in [1.29, 1.82) is 0 Å². The molecule has 1 unspecified atom stereocenters. The maximum atomic E-state index is 13.9. The van der Waals surface area contributed by atoms with Gasteiger partial charge in [-0.3, -0.25) is 4.79 Å². The van der Waals surface area contributed by atoms with Crippen molar-refractivity contribution >= 4 is 5.91 Å². The molecule has 1 heterocycles. The number of methoxy groups -OCH3 is 1. The number of benzene rings is 1. The number of carbonyl (C=O) groups is 1. The quantitative estimate of drug-likeness (QED) is 0.899. The molecule has 4 nitrogen and oxygen atoms in total. The molecule has 1 aromatic rings. The summed E-state index contributed by atoms with van der Waals surface area (Å²) in [5.41, 5.74) is 0.519. The molecule has 0 radical (unpaired) electrons. The first kappa shape index (κ1) is 13.8. The molecule has 1 aliphatic heterocycles. The summed E-state index contributed by atoms with van der Waals surface area (Å²) in [5.74, 6) is 0.196. The van der Waals surface area contributed by atoms with E-state index in [2.05, 4.69) is 5.32 Å². The number of nitrogens with one attached hydrogen (secondary N) is 1. The van der Waals surface area contributed by atoms with E-state index in [1.807, 2.05) is 6.92 Å². The van der Waals surface area contributed by atoms with E-state index in [-0.39, 0.29) is 17.8 Å². The van der Waals surface area contributed by atoms with Crippen LogP contribution in [0.4, 0.5) is 4.39 Å². The number of carbonyl (C=O) groups excluding carboxylic acids is 1. The minimum absolute atomic E-state index is 0.0453. The van der Waals surface area contributed by atoms with E-state index in [4.69, 9.17) is 4.74 Å². The van der Waals surface area contributed by atoms with Crippen molar-refractivity contribution < 1.29 is 13.9 Å². The molecular weight excluding hydrogens is 247 g/mol. The van der Waals surface area contributed by atoms with Gasteiger partial charge < -0.3 is 15.0 Å². The van der Waals surface area contributed by atoms with Crippen LogP contribution >= 0.6 is 0 Å². The van der Waals surface area contributed by atoms with Crippen molar-refractivity contribution in [3.05, 3.63) is 29.6 Å². The zero-order chi connectivity index (χ0) is 13.8. The Morgan fingerprint density at radius 1 is 1.53 bits per heavy atom. The number of hydrogen-bond donors (Lipinski definition) is 1. The average Bonchev–Trinajstić information content (AvgIpc) is 2.43. The Morgan fingerprint density at radius 2 is 2.32 bits per heavy atom. The molecule has 1 aromatic carbocycles. The number of halogens is 1. The third-order valence-corrected chi connectivity index (χ3v) is 3.41. The zero-order valence-electron chi connectivity index (χ0n) is 11.3. The van der Waals surface area contributed by atoms with Gasteiger partial charge in [-0.05, 0) is 12.5 Å². The highest BCUT2D eigenvalue weighted by atomic mass is 19.1. The van der Waals surface area contributed by atoms with Crippen LogP contribution < -0.4 is 10.1 Å². The van der Waals surface area contributed by atoms with Gasteiger partial charge >= 0.3 is 0 Å². The summed E-state index contributed by atoms with van der Waals surface area (Å²) in [4.78, 5) is 13.8. The van der Waals surface area contributed by atoms with Crippen LogP contribution in [0.2, 0.25) is 0 Å². The Morgan fingerprint density at radius 3 is 2.95 bits per heavy atom. The number of piperazine rings is 1. The number of amides is 1. The second-order valence-corrected chi connectivity index (χ2v) is 4.63. The van der Waals surface area contributed by atoms with E-state index in [0.717, 1.165) is 13.0 Å². The van der Waals surface area contributed by atoms with Crippen LogP contribution in [0.25, 0.3) is 0 Å². The maximum Gasteiger partial charge on any atom is 0.240 e. The molecule has 0 aromatic heterocycles. The van der Waals surface area contributed by atoms with Gasteiger partial charge in [0.15, 0.2) is 0 Å². The van der Waals surface area contributed by atoms with Crippen LogP contribution in [-0.2, 0) is 11.3 Å². The number of ether oxygens (including phenoxy) is 1. The predicted octanol–water partition coefficient (Wildman–Crippen LogP) is 1.54. The van der Waals surface area contributed by atoms with Gasteiger partial charge in [-0.1, -0.05) is 13.0 Å². The van der Waals surface area contributed by atoms with E-state index in [9.17, 15) is 9.18 Å². The summed E-state index contributed by atoms with van der Waals surface area (Å²) in [5, 5.41) is 3.16. The molecule has 1 amide bonds. The van der Waals surface area contributed by atoms with Crippen molar-refractivity contribution in [3.63, 3.8) is 0 Å². The van der Waals surface area contributed by atoms with Crippen molar-refractivity contribution in [1.82, 2.24) is 10.2 Å². The fourth-order valence-electron chi connectivity index (χ4n) is 2.26. The van der Waals surface area contributed by atoms with Crippen LogP contribution in [0.3, 0.4) is 0 Å². The van der Waals surface area contributed by atoms with E-state index < -0.39 is 0 Å². The summed E-state index contributed by atoms with van der Waals surface area (Å²) >= 11 is 0. The van der Waals surface area contributed by atoms with Crippen LogP contribution in [-0.4, -0.2) is 37.0 Å². The Hall–Kier alpha value is -1.62. The minimum atomic E-state index is -0.335. The SMILES string of the molecule is CCC1NCCN(Cc2ccc(OC)cc2F)C1=O. The molecule has 0 spiro atoms. The van der Waals surface area contributed by atoms with Crippen LogP contribution in [0.5, 0.6) is 5.75 Å². The van der Waals surface area contributed by atoms with Crippen LogP contribution in [0, 0.1) is 5.82 Å². The average molecular weight is 266 g/mol. The first-order chi connectivity index (χ1) is 9.15. The highest BCUT2D eigenvalue weighted by molar-refractivity contribution is 5.82. The van der Waals surface area contributed by atoms with Gasteiger partial charge in [0.2, 0.25) is 5.91 Å². The van der Waals surface area contributed by atoms with Crippen molar-refractivity contribution in [2.24, 2.45) is 0 Å². The molecule has 0 saturated carbocycles. The standard InChI is InChI=1S/C14H19FN2O2/c1-3-13-14(18)17(7-6-16-13)9-10-4-5-11(19-2)8-12(10)15/h4-5,8,13,16H,3,6-7,9H2,1-2H3. The van der Waals surface area contributed by atoms with Gasteiger partial charge in [0, 0.05) is 31.3 Å². The van der Waals surface area contributed by atoms with Crippen LogP contribution in [0.15, 0.2) is 18.2 Å². The van der Waals surface area contributed by atoms with E-state index in [0.29, 0.717) is 24.4 Å². The highest BCUT2D eigenvalue weighted by Gasteiger charge is 2.27. The third-order valence-electron chi connectivity index (χ3n) is 3.41. The van der Waals surface area contributed by atoms with Gasteiger partial charge in [0.25, 0.3) is 0 Å². The molecule has 2 rings (SSSR count). The number of nitrogens with zero attached hydrogens (tertiary/aromatic N) is 1. The number of rotatable bonds is 4. The smallest absolute Gasteiger partial charge is 0.240 e. The second-order valence-electron chi connectivity index (χ2n) is 4.63. The third kappa shape index (κ3) is 3.04. The molecular formula is C14H19FN2O2. The Labute approximate surface area is 112 Å². The molecule has 104 valence electrons. The summed E-state index contributed by atoms with van der Waals surface area (Å²) in [6.07, 6.45) is 0.750. The second kappa shape index (κ2) is 6.02. The predicted molar refractivity (Wildman–Crippen MR) is 70.5 cm³/mol. The molecule has 0 aliphatic carbocycles. The Kier molecular flexibility index (Phi) is 4.37. The van der Waals surface area contributed by atoms with Gasteiger partial charge in [-0.15, -0.1) is 0 Å². The van der Waals surface area contributed by atoms with Gasteiger partial charge in [-0.2, -0.15) is 0 Å². The monoisotopic (exact) mass is 266 g/mol. The fraction of sp³-hybridized carbons (Fsp3) is 0.500. The van der Waals surface area contributed by atoms with Gasteiger partial charge in [0.05, 0.1) is 13.2 Å². The summed E-state index contributed by atoms with van der Waals surface area (Å²) < 4.78 is 18.8. The summed E-state index contributed by atoms with van der Waals surface area (Å²) in [6, 6.07) is 4.58. The molecule has 1 N–H and O–H groups in total. The summed E-state index contributed by atoms with van der Waals surface area (Å²) in [6.45, 7) is 3.64. The first-order valence-electron chi connectivity index (χ1n) is 6.50. The lowest BCUT2D eigenvalue weighted by molar-refractivity contribution is -0.136. The van der Waals surface area contributed by atoms with Gasteiger partial charge in [0.1, 0.15) is 11.6 Å². The van der Waals surface area contributed by atoms with Crippen LogP contribution in [0.1, 0.15) is 18.9 Å². The molecule has 0 bridgehead atoms. The van der Waals surface area contributed by atoms with Gasteiger partial charge in [-0.25, -0.2) is 4.39 Å². The number of hydrogen-bond acceptors (Lipinski definition) is 3. The lowest BCUT2D eigenvalue weighted by atomic mass is 10.1. The topological polar surface area (TPSA) is 41.6 Å². The maximum absolute atomic E-state index is 13.9. The van der Waals surface area contributed by atoms with E-state index >= 15 is 0 Å². The van der Waals surface area contributed by atoms with Crippen molar-refractivity contribution in [3.8, 4) is 5.75 Å². The molecule has 19 heavy (non-hydrogen) atoms. The van der Waals surface area contributed by atoms with Crippen molar-refractivity contribution in [2.75, 3.05) is 20.2 Å². The largest absolute Gasteiger partial charge is 0.497 e. The molecule has 1 atom stereocenters. The fourth-order valence-corrected chi connectivity index (χ4v) is 2.26. The van der Waals surface area contributed by atoms with E-state index in [1.165, 1.54) is 13.2 Å². The molecule has 1 fully saturated rings. The molecule has 1 aliphatic rings. The minimum Gasteiger partial charge on any atom is -0.497 e. The highest BCUT2D eigenvalue weighted by Crippen LogP contribution is 2.18. The van der Waals surface area contributed by atoms with Crippen molar-refractivity contribution in [2.45, 2.75) is 25.9 Å². The summed E-state index contributed by atoms with van der Waals surface area (Å²) in [7, 11) is 1.50. The molecule has 1 saturated heterocycles. The lowest BCUT2D eigenvalue weighted by Crippen LogP contribution is -2.54.